The number of nitrogens with zero attached hydrogens (tertiary/aromatic N) is 1. The molecule has 5 nitrogen and oxygen atoms in total. The highest BCUT2D eigenvalue weighted by Gasteiger charge is 2.32. The van der Waals surface area contributed by atoms with Crippen molar-refractivity contribution in [2.75, 3.05) is 0 Å². The van der Waals surface area contributed by atoms with Gasteiger partial charge in [0.05, 0.1) is 5.52 Å². The van der Waals surface area contributed by atoms with E-state index in [0.29, 0.717) is 16.6 Å². The van der Waals surface area contributed by atoms with Crippen molar-refractivity contribution in [3.63, 3.8) is 0 Å². The third-order valence-corrected chi connectivity index (χ3v) is 3.98. The number of carbonyl (C=O) groups excluding carboxylic acids is 1. The largest absolute Gasteiger partial charge is 0.420 e. The molecule has 6 heteroatoms. The molecule has 0 aliphatic carbocycles. The Morgan fingerprint density at radius 2 is 1.58 bits per heavy atom. The van der Waals surface area contributed by atoms with Gasteiger partial charge >= 0.3 is 17.3 Å². The van der Waals surface area contributed by atoms with Crippen molar-refractivity contribution in [2.45, 2.75) is 13.8 Å². The van der Waals surface area contributed by atoms with E-state index in [1.165, 1.54) is 0 Å². The number of aromatic nitrogens is 1. The van der Waals surface area contributed by atoms with Crippen molar-refractivity contribution in [3.05, 3.63) is 60.2 Å². The number of benzene rings is 2. The molecule has 2 heterocycles. The normalized spacial score (nSPS) is 15.6. The summed E-state index contributed by atoms with van der Waals surface area (Å²) in [7, 11) is 0. The number of pyridine rings is 1. The van der Waals surface area contributed by atoms with Crippen LogP contribution in [0.5, 0.6) is 5.75 Å². The molecule has 0 bridgehead atoms. The summed E-state index contributed by atoms with van der Waals surface area (Å²) < 4.78 is 21.5. The minimum atomic E-state index is -2.15. The van der Waals surface area contributed by atoms with Gasteiger partial charge < -0.3 is 8.37 Å². The van der Waals surface area contributed by atoms with Crippen LogP contribution in [0.3, 0.4) is 0 Å². The van der Waals surface area contributed by atoms with Gasteiger partial charge in [0, 0.05) is 10.9 Å². The second-order valence-corrected chi connectivity index (χ2v) is 5.45. The predicted molar refractivity (Wildman–Crippen MR) is 92.7 cm³/mol. The van der Waals surface area contributed by atoms with Crippen LogP contribution in [0.25, 0.3) is 22.2 Å². The summed E-state index contributed by atoms with van der Waals surface area (Å²) >= 11 is -2.15. The Labute approximate surface area is 142 Å². The number of para-hydroxylation sites is 1. The zero-order chi connectivity index (χ0) is 17.1. The Balaban J connectivity index is 0.000000815. The van der Waals surface area contributed by atoms with E-state index in [1.807, 2.05) is 50.2 Å². The van der Waals surface area contributed by atoms with Crippen LogP contribution >= 0.6 is 0 Å². The first kappa shape index (κ1) is 16.1. The van der Waals surface area contributed by atoms with Gasteiger partial charge in [-0.05, 0) is 6.07 Å². The third-order valence-electron chi connectivity index (χ3n) is 3.39. The highest BCUT2D eigenvalue weighted by molar-refractivity contribution is 7.76. The van der Waals surface area contributed by atoms with Crippen LogP contribution in [-0.4, -0.2) is 15.2 Å². The van der Waals surface area contributed by atoms with Crippen LogP contribution in [-0.2, 0) is 15.5 Å². The van der Waals surface area contributed by atoms with E-state index in [-0.39, 0.29) is 11.3 Å². The fraction of sp³-hybridized carbons (Fsp3) is 0.111. The van der Waals surface area contributed by atoms with Gasteiger partial charge in [-0.3, -0.25) is 0 Å². The lowest BCUT2D eigenvalue weighted by atomic mass is 10.0. The quantitative estimate of drug-likeness (QED) is 0.668. The topological polar surface area (TPSA) is 65.5 Å². The Hall–Kier alpha value is -2.73. The minimum absolute atomic E-state index is 0.194. The summed E-state index contributed by atoms with van der Waals surface area (Å²) in [5, 5.41) is 0.610. The third kappa shape index (κ3) is 2.76. The maximum atomic E-state index is 12.2. The first-order chi connectivity index (χ1) is 11.7. The molecule has 0 spiro atoms. The van der Waals surface area contributed by atoms with E-state index in [0.717, 1.165) is 5.56 Å². The molecule has 1 unspecified atom stereocenters. The van der Waals surface area contributed by atoms with Crippen LogP contribution in [0.1, 0.15) is 24.2 Å². The molecule has 1 aliphatic rings. The van der Waals surface area contributed by atoms with Gasteiger partial charge in [0.2, 0.25) is 0 Å². The maximum Gasteiger partial charge on any atom is 0.420 e. The predicted octanol–water partition coefficient (Wildman–Crippen LogP) is 4.06. The summed E-state index contributed by atoms with van der Waals surface area (Å²) in [5.41, 5.74) is 2.15. The average Bonchev–Trinajstić information content (AvgIpc) is 2.63. The molecule has 1 aliphatic heterocycles. The van der Waals surface area contributed by atoms with Gasteiger partial charge in [-0.15, -0.1) is 0 Å². The average molecular weight is 341 g/mol. The van der Waals surface area contributed by atoms with Crippen molar-refractivity contribution in [2.24, 2.45) is 0 Å². The lowest BCUT2D eigenvalue weighted by Gasteiger charge is -2.19. The molecule has 2 aromatic carbocycles. The van der Waals surface area contributed by atoms with Gasteiger partial charge in [0.25, 0.3) is 0 Å². The fourth-order valence-corrected chi connectivity index (χ4v) is 3.00. The number of hydrogen-bond donors (Lipinski definition) is 0. The van der Waals surface area contributed by atoms with Crippen LogP contribution < -0.4 is 4.18 Å². The summed E-state index contributed by atoms with van der Waals surface area (Å²) in [6, 6.07) is 16.5. The van der Waals surface area contributed by atoms with E-state index in [9.17, 15) is 9.00 Å². The van der Waals surface area contributed by atoms with Crippen molar-refractivity contribution in [3.8, 4) is 17.0 Å². The molecule has 0 radical (unpaired) electrons. The van der Waals surface area contributed by atoms with Gasteiger partial charge in [-0.25, -0.2) is 9.78 Å². The zero-order valence-electron chi connectivity index (χ0n) is 13.2. The highest BCUT2D eigenvalue weighted by Crippen LogP contribution is 2.39. The summed E-state index contributed by atoms with van der Waals surface area (Å²) in [4.78, 5) is 16.7. The molecule has 24 heavy (non-hydrogen) atoms. The molecular weight excluding hydrogens is 326 g/mol. The summed E-state index contributed by atoms with van der Waals surface area (Å²) in [6.07, 6.45) is 0. The standard InChI is InChI=1S/C16H9NO4S.C2H6/c18-16-13-11-8-4-5-9-12(11)17-14(10-6-2-1-3-7-10)15(13)20-22(19)21-16;1-2/h1-9H;1-2H3. The Kier molecular flexibility index (Phi) is 4.57. The van der Waals surface area contributed by atoms with Gasteiger partial charge in [-0.2, -0.15) is 4.21 Å². The molecule has 0 fully saturated rings. The fourth-order valence-electron chi connectivity index (χ4n) is 2.46. The SMILES string of the molecule is CC.O=C1OS(=O)Oc2c(-c3ccccc3)nc3ccccc3c21. The molecular formula is C18H15NO4S. The zero-order valence-corrected chi connectivity index (χ0v) is 14.0. The number of fused-ring (bicyclic) bond motifs is 3. The molecule has 0 amide bonds. The Morgan fingerprint density at radius 1 is 0.917 bits per heavy atom. The van der Waals surface area contributed by atoms with E-state index in [4.69, 9.17) is 8.37 Å². The van der Waals surface area contributed by atoms with Gasteiger partial charge in [0.15, 0.2) is 5.75 Å². The highest BCUT2D eigenvalue weighted by atomic mass is 32.2. The van der Waals surface area contributed by atoms with Crippen LogP contribution in [0.4, 0.5) is 0 Å². The smallest absolute Gasteiger partial charge is 0.368 e. The lowest BCUT2D eigenvalue weighted by molar-refractivity contribution is 0.0729. The van der Waals surface area contributed by atoms with Gasteiger partial charge in [0.1, 0.15) is 11.3 Å². The summed E-state index contributed by atoms with van der Waals surface area (Å²) in [5.74, 6) is -0.477. The molecule has 0 N–H and O–H groups in total. The molecule has 4 rings (SSSR count). The van der Waals surface area contributed by atoms with E-state index < -0.39 is 17.3 Å². The van der Waals surface area contributed by atoms with Crippen LogP contribution in [0.15, 0.2) is 54.6 Å². The van der Waals surface area contributed by atoms with Crippen LogP contribution in [0, 0.1) is 0 Å². The second-order valence-electron chi connectivity index (χ2n) is 4.71. The first-order valence-electron chi connectivity index (χ1n) is 7.55. The Bertz CT molecular complexity index is 925. The molecule has 122 valence electrons. The number of hydrogen-bond acceptors (Lipinski definition) is 5. The molecule has 1 atom stereocenters. The van der Waals surface area contributed by atoms with Crippen LogP contribution in [0.2, 0.25) is 0 Å². The van der Waals surface area contributed by atoms with Crippen molar-refractivity contribution < 1.29 is 17.4 Å². The monoisotopic (exact) mass is 341 g/mol. The second kappa shape index (κ2) is 6.80. The van der Waals surface area contributed by atoms with E-state index in [1.54, 1.807) is 18.2 Å². The van der Waals surface area contributed by atoms with Crippen molar-refractivity contribution >= 4 is 28.2 Å². The Morgan fingerprint density at radius 3 is 2.33 bits per heavy atom. The van der Waals surface area contributed by atoms with Crippen molar-refractivity contribution in [1.82, 2.24) is 4.98 Å². The molecule has 1 aromatic heterocycles. The number of carbonyl (C=O) groups is 1. The maximum absolute atomic E-state index is 12.2. The molecule has 3 aromatic rings. The van der Waals surface area contributed by atoms with E-state index >= 15 is 0 Å². The van der Waals surface area contributed by atoms with Gasteiger partial charge in [-0.1, -0.05) is 62.4 Å². The minimum Gasteiger partial charge on any atom is -0.368 e. The molecule has 0 saturated heterocycles. The number of rotatable bonds is 1. The van der Waals surface area contributed by atoms with Crippen molar-refractivity contribution in [1.29, 1.82) is 0 Å². The summed E-state index contributed by atoms with van der Waals surface area (Å²) in [6.45, 7) is 4.00. The lowest BCUT2D eigenvalue weighted by Crippen LogP contribution is -2.21. The first-order valence-corrected chi connectivity index (χ1v) is 8.55. The van der Waals surface area contributed by atoms with E-state index in [2.05, 4.69) is 4.98 Å². The molecule has 0 saturated carbocycles.